The van der Waals surface area contributed by atoms with E-state index in [1.165, 1.54) is 0 Å². The fourth-order valence-corrected chi connectivity index (χ4v) is 3.66. The van der Waals surface area contributed by atoms with Crippen LogP contribution in [0.5, 0.6) is 5.75 Å². The highest BCUT2D eigenvalue weighted by Gasteiger charge is 2.34. The smallest absolute Gasteiger partial charge is 0.259 e. The first-order valence-electron chi connectivity index (χ1n) is 8.59. The molecule has 0 aliphatic carbocycles. The number of pyridine rings is 1. The van der Waals surface area contributed by atoms with Crippen molar-refractivity contribution in [3.8, 4) is 11.8 Å². The Bertz CT molecular complexity index is 1190. The minimum Gasteiger partial charge on any atom is -0.467 e. The Morgan fingerprint density at radius 2 is 2.11 bits per heavy atom. The third kappa shape index (κ3) is 2.96. The van der Waals surface area contributed by atoms with E-state index < -0.39 is 5.92 Å². The summed E-state index contributed by atoms with van der Waals surface area (Å²) >= 11 is 6.15. The zero-order valence-corrected chi connectivity index (χ0v) is 15.7. The maximum atomic E-state index is 13.4. The Hall–Kier alpha value is -3.43. The predicted octanol–water partition coefficient (Wildman–Crippen LogP) is 3.67. The van der Waals surface area contributed by atoms with Crippen molar-refractivity contribution in [1.82, 2.24) is 4.57 Å². The lowest BCUT2D eigenvalue weighted by Gasteiger charge is -2.27. The molecule has 28 heavy (non-hydrogen) atoms. The first-order valence-corrected chi connectivity index (χ1v) is 8.97. The fraction of sp³-hybridized carbons (Fsp3) is 0.143. The van der Waals surface area contributed by atoms with Crippen LogP contribution in [0.15, 0.2) is 69.4 Å². The molecule has 0 saturated heterocycles. The molecule has 3 aromatic rings. The van der Waals surface area contributed by atoms with Crippen LogP contribution in [0.25, 0.3) is 0 Å². The van der Waals surface area contributed by atoms with Crippen molar-refractivity contribution in [2.45, 2.75) is 19.4 Å². The number of fused-ring (bicyclic) bond motifs is 1. The molecular formula is C21H16ClN3O3. The number of hydrogen-bond donors (Lipinski definition) is 1. The minimum atomic E-state index is -0.664. The molecule has 6 nitrogen and oxygen atoms in total. The van der Waals surface area contributed by atoms with Gasteiger partial charge in [0.05, 0.1) is 24.3 Å². The lowest BCUT2D eigenvalue weighted by Crippen LogP contribution is -2.33. The molecule has 0 spiro atoms. The van der Waals surface area contributed by atoms with Gasteiger partial charge in [-0.25, -0.2) is 0 Å². The first kappa shape index (κ1) is 18.0. The molecule has 2 N–H and O–H groups in total. The lowest BCUT2D eigenvalue weighted by molar-refractivity contribution is 0.387. The Morgan fingerprint density at radius 1 is 1.29 bits per heavy atom. The minimum absolute atomic E-state index is 0.0115. The van der Waals surface area contributed by atoms with E-state index in [1.807, 2.05) is 13.0 Å². The SMILES string of the molecule is Cc1cc2c(c(=O)n1Cc1ccco1)[C@@H](c1cccc(Cl)c1)C(C#N)=C(N)O2. The van der Waals surface area contributed by atoms with Gasteiger partial charge in [0.1, 0.15) is 23.2 Å². The molecule has 3 heterocycles. The van der Waals surface area contributed by atoms with Crippen molar-refractivity contribution in [2.24, 2.45) is 5.73 Å². The number of aromatic nitrogens is 1. The summed E-state index contributed by atoms with van der Waals surface area (Å²) in [5, 5.41) is 10.2. The van der Waals surface area contributed by atoms with Gasteiger partial charge >= 0.3 is 0 Å². The van der Waals surface area contributed by atoms with Gasteiger partial charge in [-0.05, 0) is 36.8 Å². The Labute approximate surface area is 166 Å². The van der Waals surface area contributed by atoms with Crippen molar-refractivity contribution in [2.75, 3.05) is 0 Å². The number of furan rings is 1. The molecule has 2 aromatic heterocycles. The van der Waals surface area contributed by atoms with Crippen molar-refractivity contribution in [1.29, 1.82) is 5.26 Å². The van der Waals surface area contributed by atoms with Gasteiger partial charge in [0.25, 0.3) is 5.56 Å². The van der Waals surface area contributed by atoms with E-state index >= 15 is 0 Å². The summed E-state index contributed by atoms with van der Waals surface area (Å²) in [6, 6.07) is 14.4. The average molecular weight is 394 g/mol. The molecule has 1 aromatic carbocycles. The number of nitriles is 1. The quantitative estimate of drug-likeness (QED) is 0.732. The van der Waals surface area contributed by atoms with Gasteiger partial charge in [-0.3, -0.25) is 4.79 Å². The van der Waals surface area contributed by atoms with Crippen LogP contribution >= 0.6 is 11.6 Å². The largest absolute Gasteiger partial charge is 0.467 e. The standard InChI is InChI=1S/C21H16ClN3O3/c1-12-8-17-19(21(26)25(12)11-15-6-3-7-27-15)18(16(10-23)20(24)28-17)13-4-2-5-14(22)9-13/h2-9,18H,11,24H2,1H3/t18-/m0/s1. The van der Waals surface area contributed by atoms with Gasteiger partial charge in [-0.2, -0.15) is 5.26 Å². The highest BCUT2D eigenvalue weighted by Crippen LogP contribution is 2.41. The van der Waals surface area contributed by atoms with Crippen LogP contribution < -0.4 is 16.0 Å². The third-order valence-corrected chi connectivity index (χ3v) is 5.00. The molecule has 1 atom stereocenters. The van der Waals surface area contributed by atoms with E-state index in [4.69, 9.17) is 26.5 Å². The molecule has 140 valence electrons. The van der Waals surface area contributed by atoms with Crippen LogP contribution in [0, 0.1) is 18.3 Å². The van der Waals surface area contributed by atoms with Gasteiger partial charge in [0.2, 0.25) is 5.88 Å². The molecule has 0 radical (unpaired) electrons. The monoisotopic (exact) mass is 393 g/mol. The molecule has 0 fully saturated rings. The second-order valence-electron chi connectivity index (χ2n) is 6.51. The average Bonchev–Trinajstić information content (AvgIpc) is 3.17. The topological polar surface area (TPSA) is 94.2 Å². The molecule has 1 aliphatic heterocycles. The summed E-state index contributed by atoms with van der Waals surface area (Å²) in [4.78, 5) is 13.4. The van der Waals surface area contributed by atoms with Crippen molar-refractivity contribution >= 4 is 11.6 Å². The second-order valence-corrected chi connectivity index (χ2v) is 6.95. The normalized spacial score (nSPS) is 15.7. The number of aryl methyl sites for hydroxylation is 1. The van der Waals surface area contributed by atoms with Crippen LogP contribution in [-0.2, 0) is 6.54 Å². The molecular weight excluding hydrogens is 378 g/mol. The molecule has 0 saturated carbocycles. The third-order valence-electron chi connectivity index (χ3n) is 4.77. The van der Waals surface area contributed by atoms with Crippen LogP contribution in [0.2, 0.25) is 5.02 Å². The maximum absolute atomic E-state index is 13.4. The van der Waals surface area contributed by atoms with Gasteiger partial charge in [-0.1, -0.05) is 23.7 Å². The highest BCUT2D eigenvalue weighted by atomic mass is 35.5. The summed E-state index contributed by atoms with van der Waals surface area (Å²) in [6.45, 7) is 2.08. The molecule has 0 unspecified atom stereocenters. The number of nitrogens with zero attached hydrogens (tertiary/aromatic N) is 2. The number of rotatable bonds is 3. The summed E-state index contributed by atoms with van der Waals surface area (Å²) in [5.41, 5.74) is 7.65. The van der Waals surface area contributed by atoms with E-state index in [1.54, 1.807) is 47.2 Å². The number of hydrogen-bond acceptors (Lipinski definition) is 5. The highest BCUT2D eigenvalue weighted by molar-refractivity contribution is 6.30. The molecule has 0 bridgehead atoms. The first-order chi connectivity index (χ1) is 13.5. The van der Waals surface area contributed by atoms with Crippen LogP contribution in [0.3, 0.4) is 0 Å². The maximum Gasteiger partial charge on any atom is 0.259 e. The van der Waals surface area contributed by atoms with E-state index in [-0.39, 0.29) is 23.6 Å². The number of allylic oxidation sites excluding steroid dienone is 1. The zero-order valence-electron chi connectivity index (χ0n) is 15.0. The molecule has 4 rings (SSSR count). The van der Waals surface area contributed by atoms with Crippen LogP contribution in [0.4, 0.5) is 0 Å². The Balaban J connectivity index is 1.96. The van der Waals surface area contributed by atoms with Crippen molar-refractivity contribution < 1.29 is 9.15 Å². The van der Waals surface area contributed by atoms with E-state index in [9.17, 15) is 10.1 Å². The van der Waals surface area contributed by atoms with Crippen LogP contribution in [-0.4, -0.2) is 4.57 Å². The summed E-state index contributed by atoms with van der Waals surface area (Å²) in [5.74, 6) is 0.322. The number of nitrogens with two attached hydrogens (primary N) is 1. The van der Waals surface area contributed by atoms with Gasteiger partial charge < -0.3 is 19.5 Å². The molecule has 7 heteroatoms. The lowest BCUT2D eigenvalue weighted by atomic mass is 9.84. The van der Waals surface area contributed by atoms with Crippen LogP contribution in [0.1, 0.15) is 28.5 Å². The predicted molar refractivity (Wildman–Crippen MR) is 104 cm³/mol. The fourth-order valence-electron chi connectivity index (χ4n) is 3.46. The van der Waals surface area contributed by atoms with E-state index in [2.05, 4.69) is 6.07 Å². The van der Waals surface area contributed by atoms with Gasteiger partial charge in [0, 0.05) is 16.8 Å². The molecule has 1 aliphatic rings. The number of benzene rings is 1. The van der Waals surface area contributed by atoms with Gasteiger partial charge in [-0.15, -0.1) is 0 Å². The Morgan fingerprint density at radius 3 is 2.79 bits per heavy atom. The van der Waals surface area contributed by atoms with E-state index in [0.29, 0.717) is 33.4 Å². The zero-order chi connectivity index (χ0) is 19.8. The number of halogens is 1. The number of ether oxygens (including phenoxy) is 1. The summed E-state index contributed by atoms with van der Waals surface area (Å²) in [7, 11) is 0. The van der Waals surface area contributed by atoms with Crippen molar-refractivity contribution in [3.05, 3.63) is 98.1 Å². The molecule has 0 amide bonds. The Kier molecular flexibility index (Phi) is 4.46. The summed E-state index contributed by atoms with van der Waals surface area (Å²) < 4.78 is 12.6. The van der Waals surface area contributed by atoms with Gasteiger partial charge in [0.15, 0.2) is 0 Å². The summed E-state index contributed by atoms with van der Waals surface area (Å²) in [6.07, 6.45) is 1.56. The second kappa shape index (κ2) is 6.95. The van der Waals surface area contributed by atoms with E-state index in [0.717, 1.165) is 0 Å². The van der Waals surface area contributed by atoms with Crippen molar-refractivity contribution in [3.63, 3.8) is 0 Å².